The molecule has 0 saturated heterocycles. The second kappa shape index (κ2) is 47.7. The van der Waals surface area contributed by atoms with Crippen LogP contribution in [0.25, 0.3) is 90.2 Å². The van der Waals surface area contributed by atoms with Gasteiger partial charge in [0.25, 0.3) is 0 Å². The topological polar surface area (TPSA) is 370 Å². The number of fused-ring (bicyclic) bond motifs is 6. The Hall–Kier alpha value is -16.1. The van der Waals surface area contributed by atoms with Crippen LogP contribution in [0.15, 0.2) is 381 Å². The van der Waals surface area contributed by atoms with E-state index in [0.29, 0.717) is 94.3 Å². The third-order valence-electron chi connectivity index (χ3n) is 22.3. The van der Waals surface area contributed by atoms with Crippen molar-refractivity contribution in [2.45, 2.75) is 59.0 Å². The summed E-state index contributed by atoms with van der Waals surface area (Å²) in [5, 5.41) is 79.1. The highest BCUT2D eigenvalue weighted by Gasteiger charge is 2.22. The molecular formula is C105H84Br6ClF2N30O3+. The van der Waals surface area contributed by atoms with Gasteiger partial charge in [-0.15, -0.1) is 0 Å². The Kier molecular flexibility index (Phi) is 32.7. The van der Waals surface area contributed by atoms with E-state index in [4.69, 9.17) is 26.6 Å². The molecule has 0 unspecified atom stereocenters. The van der Waals surface area contributed by atoms with Gasteiger partial charge in [-0.1, -0.05) is 147 Å². The van der Waals surface area contributed by atoms with Crippen LogP contribution in [0.3, 0.4) is 0 Å². The standard InChI is InChI=1S/C18H13BrClN5.C18H14BrFN5O.C18H13BrFN5.C18H14BrN5O.C18H14BrN5.C15H16BrN5O/c19-14-11-23-25-17(22-10-12-4-3-7-21-9-12)8-16(24-18(14)25)13-5-1-2-6-15(13)20;19-14-10-22-25-17(21-9-12-4-3-7-24(26)11-12)8-16(23-18(14)25)13-5-1-2-6-15(13)20;19-14-11-23-25-17(22-10-12-4-3-7-21-9-12)8-16(24-18(14)25)13-5-1-2-6-15(13)20;19-15-11-21-24-17(20-10-13-5-4-8-23(25)12-13)9-16(22-18(15)24)14-6-2-1-3-7-14;19-15-12-22-24-17(21-11-13-5-4-8-20-10-13)9-16(23-18(15)24)14-6-2-1-3-7-14;1-10(2)13-6-14(21-15(19-13)12(16)8-18-21)17-7-11-4-3-5-20(22)9-11/h1-9,11,22H,10H2;1-8,10-11,21,26H,9H2;1-9,11,22H,10H2;1-9,11-12,20H,10H2;1-10,12,21H,11H2;3-6,8-10,17H,7H2,1-2H3/q;+1;;;;. The number of nitrogens with one attached hydrogen (secondary N) is 6. The van der Waals surface area contributed by atoms with E-state index in [1.54, 1.807) is 174 Å². The fourth-order valence-corrected chi connectivity index (χ4v) is 17.4. The minimum Gasteiger partial charge on any atom is -0.619 e. The Morgan fingerprint density at radius 3 is 0.912 bits per heavy atom. The van der Waals surface area contributed by atoms with Crippen LogP contribution < -0.4 is 46.1 Å². The molecule has 42 heteroatoms. The number of pyridine rings is 6. The Morgan fingerprint density at radius 1 is 0.313 bits per heavy atom. The zero-order valence-electron chi connectivity index (χ0n) is 77.7. The van der Waals surface area contributed by atoms with Crippen molar-refractivity contribution < 1.29 is 28.2 Å². The number of nitrogens with zero attached hydrogens (tertiary/aromatic N) is 24. The van der Waals surface area contributed by atoms with Gasteiger partial charge < -0.3 is 42.3 Å². The lowest BCUT2D eigenvalue weighted by molar-refractivity contribution is -0.905. The van der Waals surface area contributed by atoms with Crippen LogP contribution in [0.2, 0.25) is 5.02 Å². The van der Waals surface area contributed by atoms with Gasteiger partial charge in [-0.3, -0.25) is 20.2 Å². The van der Waals surface area contributed by atoms with Crippen molar-refractivity contribution in [2.75, 3.05) is 31.9 Å². The van der Waals surface area contributed by atoms with Crippen molar-refractivity contribution in [3.63, 3.8) is 0 Å². The average molecular weight is 2370 g/mol. The van der Waals surface area contributed by atoms with Gasteiger partial charge in [0.1, 0.15) is 46.5 Å². The summed E-state index contributed by atoms with van der Waals surface area (Å²) in [6, 6.07) is 75.0. The van der Waals surface area contributed by atoms with Crippen LogP contribution in [-0.2, 0) is 39.3 Å². The van der Waals surface area contributed by atoms with Crippen LogP contribution in [0.5, 0.6) is 0 Å². The molecule has 18 aromatic heterocycles. The minimum atomic E-state index is -0.338. The van der Waals surface area contributed by atoms with Gasteiger partial charge >= 0.3 is 0 Å². The molecule has 0 saturated carbocycles. The number of aromatic nitrogens is 24. The molecule has 23 rings (SSSR count). The van der Waals surface area contributed by atoms with E-state index < -0.39 is 0 Å². The number of anilines is 6. The van der Waals surface area contributed by atoms with E-state index in [2.05, 4.69) is 202 Å². The number of rotatable bonds is 24. The number of benzene rings is 5. The van der Waals surface area contributed by atoms with Gasteiger partial charge in [0, 0.05) is 191 Å². The summed E-state index contributed by atoms with van der Waals surface area (Å²) in [6.07, 6.45) is 30.1. The average Bonchev–Trinajstić information content (AvgIpc) is 1.70. The summed E-state index contributed by atoms with van der Waals surface area (Å²) >= 11 is 27.2. The van der Waals surface area contributed by atoms with Crippen molar-refractivity contribution in [3.8, 4) is 56.3 Å². The Morgan fingerprint density at radius 2 is 0.592 bits per heavy atom. The lowest BCUT2D eigenvalue weighted by Gasteiger charge is -2.12. The highest BCUT2D eigenvalue weighted by Crippen LogP contribution is 2.36. The predicted molar refractivity (Wildman–Crippen MR) is 582 cm³/mol. The van der Waals surface area contributed by atoms with Crippen LogP contribution in [0.4, 0.5) is 43.7 Å². The maximum atomic E-state index is 14.2. The van der Waals surface area contributed by atoms with Crippen molar-refractivity contribution in [2.24, 2.45) is 0 Å². The molecule has 0 aliphatic heterocycles. The van der Waals surface area contributed by atoms with Crippen LogP contribution in [0.1, 0.15) is 58.8 Å². The molecule has 0 bridgehead atoms. The first-order chi connectivity index (χ1) is 71.6. The lowest BCUT2D eigenvalue weighted by Crippen LogP contribution is -2.29. The normalized spacial score (nSPS) is 11.0. The Bertz CT molecular complexity index is 8350. The molecular weight excluding hydrogens is 2280 g/mol. The second-order valence-corrected chi connectivity index (χ2v) is 38.4. The molecule has 33 nitrogen and oxygen atoms in total. The summed E-state index contributed by atoms with van der Waals surface area (Å²) < 4.78 is 46.2. The smallest absolute Gasteiger partial charge is 0.227 e. The highest BCUT2D eigenvalue weighted by molar-refractivity contribution is 9.11. The molecule has 0 spiro atoms. The van der Waals surface area contributed by atoms with Crippen molar-refractivity contribution >= 4 is 176 Å². The minimum absolute atomic E-state index is 0.312. The maximum Gasteiger partial charge on any atom is 0.227 e. The molecule has 0 amide bonds. The summed E-state index contributed by atoms with van der Waals surface area (Å²) in [6.45, 7) is 7.57. The van der Waals surface area contributed by atoms with Crippen LogP contribution in [-0.4, -0.2) is 108 Å². The van der Waals surface area contributed by atoms with Gasteiger partial charge in [-0.05, 0) is 185 Å². The number of halogens is 9. The Balaban J connectivity index is 0.000000116. The first kappa shape index (κ1) is 101. The molecule has 18 heterocycles. The third kappa shape index (κ3) is 25.1. The number of hydrogen-bond acceptors (Lipinski definition) is 24. The molecule has 734 valence electrons. The molecule has 23 aromatic rings. The summed E-state index contributed by atoms with van der Waals surface area (Å²) in [4.78, 5) is 40.2. The zero-order valence-corrected chi connectivity index (χ0v) is 88.0. The summed E-state index contributed by atoms with van der Waals surface area (Å²) in [7, 11) is 0. The predicted octanol–water partition coefficient (Wildman–Crippen LogP) is 23.0. The quantitative estimate of drug-likeness (QED) is 0.0168. The summed E-state index contributed by atoms with van der Waals surface area (Å²) in [5.41, 5.74) is 18.5. The van der Waals surface area contributed by atoms with Gasteiger partial charge in [-0.25, -0.2) is 38.7 Å². The van der Waals surface area contributed by atoms with E-state index in [1.165, 1.54) is 30.7 Å². The molecule has 7 N–H and O–H groups in total. The molecule has 147 heavy (non-hydrogen) atoms. The maximum absolute atomic E-state index is 14.2. The molecule has 0 aliphatic rings. The van der Waals surface area contributed by atoms with Crippen molar-refractivity contribution in [1.29, 1.82) is 0 Å². The molecule has 0 fully saturated rings. The fourth-order valence-electron chi connectivity index (χ4n) is 15.1. The van der Waals surface area contributed by atoms with E-state index in [-0.39, 0.29) is 11.6 Å². The van der Waals surface area contributed by atoms with Gasteiger partial charge in [0.05, 0.1) is 92.5 Å². The SMILES string of the molecule is Brc1cnn2c(NCc3cccnc3)cc(-c3ccccc3)nc12.CC(C)c1cc(NCc2ccc[n+]([O-])c2)n2ncc(Br)c2n1.Clc1ccccc1-c1cc(NCc2cccnc2)n2ncc(Br)c2n1.Fc1ccccc1-c1cc(NCc2cccnc2)n2ncc(Br)c2n1.O[n+]1cccc(CNc2cc(-c3ccccc3F)nc3c(Br)cnn23)c1.[O-][n+]1cccc(CNc2cc(-c3ccccc3)nc3c(Br)cnn23)c1. The van der Waals surface area contributed by atoms with E-state index >= 15 is 0 Å². The van der Waals surface area contributed by atoms with Gasteiger partial charge in [0.2, 0.25) is 12.4 Å². The monoisotopic (exact) mass is 2360 g/mol. The summed E-state index contributed by atoms with van der Waals surface area (Å²) in [5.74, 6) is 4.40. The number of hydrogen-bond donors (Lipinski definition) is 7. The molecule has 5 aromatic carbocycles. The fraction of sp³-hybridized carbons (Fsp3) is 0.0857. The first-order valence-electron chi connectivity index (χ1n) is 45.4. The van der Waals surface area contributed by atoms with Crippen molar-refractivity contribution in [1.82, 2.24) is 103 Å². The van der Waals surface area contributed by atoms with E-state index in [9.17, 15) is 24.4 Å². The van der Waals surface area contributed by atoms with Gasteiger partial charge in [0.15, 0.2) is 58.7 Å². The van der Waals surface area contributed by atoms with Crippen LogP contribution in [0, 0.1) is 22.0 Å². The van der Waals surface area contributed by atoms with Crippen LogP contribution >= 0.6 is 107 Å². The lowest BCUT2D eigenvalue weighted by atomic mass is 10.1. The first-order valence-corrected chi connectivity index (χ1v) is 50.5. The van der Waals surface area contributed by atoms with Gasteiger partial charge in [-0.2, -0.15) is 67.1 Å². The van der Waals surface area contributed by atoms with E-state index in [0.717, 1.165) is 161 Å². The Labute approximate surface area is 893 Å². The highest BCUT2D eigenvalue weighted by atomic mass is 79.9. The van der Waals surface area contributed by atoms with Crippen molar-refractivity contribution in [3.05, 3.63) is 447 Å². The molecule has 0 aliphatic carbocycles. The molecule has 0 radical (unpaired) electrons. The third-order valence-corrected chi connectivity index (χ3v) is 26.0. The molecule has 0 atom stereocenters. The van der Waals surface area contributed by atoms with E-state index in [1.807, 2.05) is 176 Å². The largest absolute Gasteiger partial charge is 0.619 e. The zero-order chi connectivity index (χ0) is 102. The second-order valence-electron chi connectivity index (χ2n) is 32.8.